The predicted molar refractivity (Wildman–Crippen MR) is 82.0 cm³/mol. The molecular weight excluding hydrogens is 270 g/mol. The van der Waals surface area contributed by atoms with Gasteiger partial charge in [-0.3, -0.25) is 13.9 Å². The molecule has 21 heavy (non-hydrogen) atoms. The largest absolute Gasteiger partial charge is 0.497 e. The van der Waals surface area contributed by atoms with Crippen molar-refractivity contribution in [2.45, 2.75) is 13.5 Å². The number of hydrogen-bond donors (Lipinski definition) is 1. The van der Waals surface area contributed by atoms with Crippen LogP contribution < -0.4 is 21.3 Å². The molecule has 6 heteroatoms. The van der Waals surface area contributed by atoms with Gasteiger partial charge in [0.2, 0.25) is 0 Å². The van der Waals surface area contributed by atoms with E-state index in [0.29, 0.717) is 12.2 Å². The molecule has 112 valence electrons. The average Bonchev–Trinajstić information content (AvgIpc) is 2.48. The first-order valence-electron chi connectivity index (χ1n) is 6.58. The Labute approximate surface area is 122 Å². The molecule has 6 nitrogen and oxygen atoms in total. The van der Waals surface area contributed by atoms with Crippen molar-refractivity contribution < 1.29 is 4.74 Å². The number of ether oxygens (including phenoxy) is 1. The molecule has 1 aromatic carbocycles. The minimum absolute atomic E-state index is 0.304. The van der Waals surface area contributed by atoms with E-state index in [1.807, 2.05) is 25.1 Å². The van der Waals surface area contributed by atoms with E-state index in [2.05, 4.69) is 5.32 Å². The van der Waals surface area contributed by atoms with Gasteiger partial charge in [-0.1, -0.05) is 0 Å². The highest BCUT2D eigenvalue weighted by Gasteiger charge is 2.06. The van der Waals surface area contributed by atoms with Crippen molar-refractivity contribution in [2.24, 2.45) is 14.1 Å². The van der Waals surface area contributed by atoms with Gasteiger partial charge in [-0.2, -0.15) is 0 Å². The molecule has 0 aliphatic carbocycles. The molecule has 0 radical (unpaired) electrons. The number of nitrogens with one attached hydrogen (secondary N) is 1. The van der Waals surface area contributed by atoms with Gasteiger partial charge in [0, 0.05) is 31.5 Å². The lowest BCUT2D eigenvalue weighted by Crippen LogP contribution is -2.38. The molecule has 2 aromatic rings. The molecule has 1 aromatic heterocycles. The molecule has 0 atom stereocenters. The van der Waals surface area contributed by atoms with Crippen LogP contribution in [0.1, 0.15) is 11.3 Å². The summed E-state index contributed by atoms with van der Waals surface area (Å²) < 4.78 is 7.71. The van der Waals surface area contributed by atoms with E-state index >= 15 is 0 Å². The van der Waals surface area contributed by atoms with E-state index in [1.165, 1.54) is 17.7 Å². The summed E-state index contributed by atoms with van der Waals surface area (Å²) >= 11 is 0. The molecular formula is C15H19N3O3. The standard InChI is InChI=1S/C15H19N3O3/c1-10-7-12(21-4)5-6-13(10)16-9-11-8-14(19)18(3)15(20)17(11)2/h5-8,16H,9H2,1-4H3. The van der Waals surface area contributed by atoms with E-state index in [1.54, 1.807) is 14.2 Å². The SMILES string of the molecule is COc1ccc(NCc2cc(=O)n(C)c(=O)n2C)c(C)c1. The number of methoxy groups -OCH3 is 1. The Morgan fingerprint density at radius 1 is 1.14 bits per heavy atom. The third kappa shape index (κ3) is 2.99. The second-order valence-corrected chi connectivity index (χ2v) is 4.91. The lowest BCUT2D eigenvalue weighted by molar-refractivity contribution is 0.414. The second kappa shape index (κ2) is 5.87. The molecule has 0 aliphatic heterocycles. The van der Waals surface area contributed by atoms with E-state index in [-0.39, 0.29) is 11.2 Å². The molecule has 0 spiro atoms. The molecule has 1 N–H and O–H groups in total. The Bertz CT molecular complexity index is 775. The van der Waals surface area contributed by atoms with Gasteiger partial charge in [0.15, 0.2) is 0 Å². The van der Waals surface area contributed by atoms with Gasteiger partial charge in [-0.25, -0.2) is 4.79 Å². The first-order valence-corrected chi connectivity index (χ1v) is 6.58. The molecule has 0 fully saturated rings. The summed E-state index contributed by atoms with van der Waals surface area (Å²) in [5, 5.41) is 3.23. The van der Waals surface area contributed by atoms with Crippen molar-refractivity contribution >= 4 is 5.69 Å². The van der Waals surface area contributed by atoms with Gasteiger partial charge < -0.3 is 10.1 Å². The molecule has 2 rings (SSSR count). The number of hydrogen-bond acceptors (Lipinski definition) is 4. The molecule has 0 aliphatic rings. The Hall–Kier alpha value is -2.50. The van der Waals surface area contributed by atoms with Crippen molar-refractivity contribution in [1.29, 1.82) is 0 Å². The smallest absolute Gasteiger partial charge is 0.330 e. The van der Waals surface area contributed by atoms with E-state index in [4.69, 9.17) is 4.74 Å². The molecule has 0 saturated heterocycles. The molecule has 0 amide bonds. The summed E-state index contributed by atoms with van der Waals surface area (Å²) in [5.41, 5.74) is 1.97. The van der Waals surface area contributed by atoms with Crippen molar-refractivity contribution in [3.63, 3.8) is 0 Å². The van der Waals surface area contributed by atoms with Gasteiger partial charge in [-0.05, 0) is 30.7 Å². The third-order valence-electron chi connectivity index (χ3n) is 3.52. The summed E-state index contributed by atoms with van der Waals surface area (Å²) in [4.78, 5) is 23.5. The monoisotopic (exact) mass is 289 g/mol. The fraction of sp³-hybridized carbons (Fsp3) is 0.333. The van der Waals surface area contributed by atoms with Crippen LogP contribution in [-0.4, -0.2) is 16.2 Å². The van der Waals surface area contributed by atoms with Gasteiger partial charge in [-0.15, -0.1) is 0 Å². The lowest BCUT2D eigenvalue weighted by Gasteiger charge is -2.13. The maximum Gasteiger partial charge on any atom is 0.330 e. The van der Waals surface area contributed by atoms with E-state index in [0.717, 1.165) is 21.6 Å². The van der Waals surface area contributed by atoms with E-state index in [9.17, 15) is 9.59 Å². The zero-order chi connectivity index (χ0) is 15.6. The number of aryl methyl sites for hydroxylation is 1. The highest BCUT2D eigenvalue weighted by molar-refractivity contribution is 5.53. The van der Waals surface area contributed by atoms with Crippen molar-refractivity contribution in [1.82, 2.24) is 9.13 Å². The minimum Gasteiger partial charge on any atom is -0.497 e. The highest BCUT2D eigenvalue weighted by Crippen LogP contribution is 2.21. The van der Waals surface area contributed by atoms with Gasteiger partial charge in [0.05, 0.1) is 13.7 Å². The molecule has 0 saturated carbocycles. The quantitative estimate of drug-likeness (QED) is 0.912. The topological polar surface area (TPSA) is 65.3 Å². The lowest BCUT2D eigenvalue weighted by atomic mass is 10.2. The fourth-order valence-electron chi connectivity index (χ4n) is 2.10. The number of anilines is 1. The van der Waals surface area contributed by atoms with Crippen LogP contribution in [0.5, 0.6) is 5.75 Å². The number of aromatic nitrogens is 2. The van der Waals surface area contributed by atoms with Crippen molar-refractivity contribution in [3.05, 3.63) is 56.4 Å². The molecule has 0 unspecified atom stereocenters. The van der Waals surface area contributed by atoms with E-state index < -0.39 is 0 Å². The van der Waals surface area contributed by atoms with Crippen LogP contribution in [0.4, 0.5) is 5.69 Å². The van der Waals surface area contributed by atoms with Crippen LogP contribution in [0.25, 0.3) is 0 Å². The van der Waals surface area contributed by atoms with Crippen LogP contribution in [0.2, 0.25) is 0 Å². The van der Waals surface area contributed by atoms with Crippen LogP contribution in [0.15, 0.2) is 33.9 Å². The first kappa shape index (κ1) is 14.9. The van der Waals surface area contributed by atoms with Crippen LogP contribution in [-0.2, 0) is 20.6 Å². The summed E-state index contributed by atoms with van der Waals surface area (Å²) in [6.07, 6.45) is 0. The minimum atomic E-state index is -0.328. The maximum absolute atomic E-state index is 11.9. The second-order valence-electron chi connectivity index (χ2n) is 4.91. The zero-order valence-electron chi connectivity index (χ0n) is 12.6. The third-order valence-corrected chi connectivity index (χ3v) is 3.52. The summed E-state index contributed by atoms with van der Waals surface area (Å²) in [7, 11) is 4.74. The normalized spacial score (nSPS) is 10.5. The zero-order valence-corrected chi connectivity index (χ0v) is 12.6. The summed E-state index contributed by atoms with van der Waals surface area (Å²) in [5.74, 6) is 0.791. The van der Waals surface area contributed by atoms with Crippen LogP contribution >= 0.6 is 0 Å². The fourth-order valence-corrected chi connectivity index (χ4v) is 2.10. The number of rotatable bonds is 4. The number of benzene rings is 1. The van der Waals surface area contributed by atoms with Crippen molar-refractivity contribution in [3.8, 4) is 5.75 Å². The van der Waals surface area contributed by atoms with Crippen molar-refractivity contribution in [2.75, 3.05) is 12.4 Å². The van der Waals surface area contributed by atoms with Gasteiger partial charge >= 0.3 is 5.69 Å². The predicted octanol–water partition coefficient (Wildman–Crippen LogP) is 1.01. The van der Waals surface area contributed by atoms with Gasteiger partial charge in [0.25, 0.3) is 5.56 Å². The summed E-state index contributed by atoms with van der Waals surface area (Å²) in [6.45, 7) is 2.36. The van der Waals surface area contributed by atoms with Gasteiger partial charge in [0.1, 0.15) is 5.75 Å². The highest BCUT2D eigenvalue weighted by atomic mass is 16.5. The Kier molecular flexibility index (Phi) is 4.16. The molecule has 1 heterocycles. The Morgan fingerprint density at radius 3 is 2.48 bits per heavy atom. The number of nitrogens with zero attached hydrogens (tertiary/aromatic N) is 2. The average molecular weight is 289 g/mol. The maximum atomic E-state index is 11.9. The van der Waals surface area contributed by atoms with Crippen LogP contribution in [0, 0.1) is 6.92 Å². The van der Waals surface area contributed by atoms with Crippen LogP contribution in [0.3, 0.4) is 0 Å². The first-order chi connectivity index (χ1) is 9.93. The summed E-state index contributed by atoms with van der Waals surface area (Å²) in [6, 6.07) is 7.16. The Balaban J connectivity index is 2.25. The molecule has 0 bridgehead atoms. The Morgan fingerprint density at radius 2 is 1.86 bits per heavy atom.